The fourth-order valence-corrected chi connectivity index (χ4v) is 4.22. The zero-order valence-electron chi connectivity index (χ0n) is 11.5. The van der Waals surface area contributed by atoms with Gasteiger partial charge in [0.1, 0.15) is 12.2 Å². The van der Waals surface area contributed by atoms with Crippen LogP contribution in [0, 0.1) is 6.92 Å². The first-order chi connectivity index (χ1) is 10.0. The second-order valence-corrected chi connectivity index (χ2v) is 7.19. The first-order valence-corrected chi connectivity index (χ1v) is 8.52. The second-order valence-electron chi connectivity index (χ2n) is 5.01. The van der Waals surface area contributed by atoms with E-state index in [1.807, 2.05) is 10.6 Å². The monoisotopic (exact) mass is 326 g/mol. The average molecular weight is 327 g/mol. The second kappa shape index (κ2) is 5.40. The summed E-state index contributed by atoms with van der Waals surface area (Å²) in [6.45, 7) is 3.01. The predicted molar refractivity (Wildman–Crippen MR) is 78.4 cm³/mol. The Morgan fingerprint density at radius 2 is 2.14 bits per heavy atom. The summed E-state index contributed by atoms with van der Waals surface area (Å²) in [5, 5.41) is 7.77. The largest absolute Gasteiger partial charge is 0.315 e. The maximum absolute atomic E-state index is 12.8. The molecule has 0 aliphatic carbocycles. The van der Waals surface area contributed by atoms with Gasteiger partial charge in [-0.05, 0) is 24.1 Å². The van der Waals surface area contributed by atoms with Crippen LogP contribution in [0.2, 0.25) is 0 Å². The molecule has 6 nitrogen and oxygen atoms in total. The van der Waals surface area contributed by atoms with E-state index in [9.17, 15) is 8.42 Å². The van der Waals surface area contributed by atoms with Crippen LogP contribution in [0.1, 0.15) is 17.0 Å². The van der Waals surface area contributed by atoms with Crippen LogP contribution in [0.4, 0.5) is 0 Å². The van der Waals surface area contributed by atoms with Crippen molar-refractivity contribution in [2.45, 2.75) is 30.8 Å². The molecule has 0 saturated carbocycles. The highest BCUT2D eigenvalue weighted by molar-refractivity contribution is 7.89. The molecule has 112 valence electrons. The Kier molecular flexibility index (Phi) is 3.73. The molecular formula is C13H15ClN4O2S. The molecule has 0 fully saturated rings. The maximum atomic E-state index is 12.8. The summed E-state index contributed by atoms with van der Waals surface area (Å²) < 4.78 is 29.0. The van der Waals surface area contributed by atoms with Gasteiger partial charge in [0.15, 0.2) is 0 Å². The van der Waals surface area contributed by atoms with E-state index in [4.69, 9.17) is 11.6 Å². The first kappa shape index (κ1) is 14.5. The van der Waals surface area contributed by atoms with Gasteiger partial charge < -0.3 is 4.57 Å². The van der Waals surface area contributed by atoms with Crippen LogP contribution in [0.15, 0.2) is 29.4 Å². The molecule has 0 N–H and O–H groups in total. The van der Waals surface area contributed by atoms with E-state index in [1.54, 1.807) is 25.4 Å². The first-order valence-electron chi connectivity index (χ1n) is 6.54. The Morgan fingerprint density at radius 1 is 1.33 bits per heavy atom. The summed E-state index contributed by atoms with van der Waals surface area (Å²) in [5.41, 5.74) is 1.51. The highest BCUT2D eigenvalue weighted by Gasteiger charge is 2.30. The molecule has 0 radical (unpaired) electrons. The number of rotatable bonds is 3. The fraction of sp³-hybridized carbons (Fsp3) is 0.385. The van der Waals surface area contributed by atoms with Gasteiger partial charge in [0.25, 0.3) is 0 Å². The Bertz CT molecular complexity index is 772. The number of fused-ring (bicyclic) bond motifs is 1. The molecule has 1 aromatic carbocycles. The lowest BCUT2D eigenvalue weighted by Crippen LogP contribution is -2.38. The van der Waals surface area contributed by atoms with E-state index in [2.05, 4.69) is 10.2 Å². The van der Waals surface area contributed by atoms with Gasteiger partial charge in [0.05, 0.1) is 11.4 Å². The highest BCUT2D eigenvalue weighted by Crippen LogP contribution is 2.24. The van der Waals surface area contributed by atoms with E-state index in [0.29, 0.717) is 23.8 Å². The Balaban J connectivity index is 1.98. The standard InChI is InChI=1S/C13H15ClN4O2S/c1-10-2-3-11(7-14)6-12(10)21(19,20)18-5-4-17-9-15-16-13(17)8-18/h2-3,6,9H,4-5,7-8H2,1H3. The molecule has 3 rings (SSSR count). The minimum Gasteiger partial charge on any atom is -0.315 e. The van der Waals surface area contributed by atoms with Crippen LogP contribution in [-0.4, -0.2) is 34.0 Å². The lowest BCUT2D eigenvalue weighted by Gasteiger charge is -2.27. The van der Waals surface area contributed by atoms with E-state index in [-0.39, 0.29) is 12.4 Å². The van der Waals surface area contributed by atoms with Crippen LogP contribution in [-0.2, 0) is 29.0 Å². The smallest absolute Gasteiger partial charge is 0.243 e. The number of aromatic nitrogens is 3. The van der Waals surface area contributed by atoms with Crippen LogP contribution >= 0.6 is 11.6 Å². The van der Waals surface area contributed by atoms with Gasteiger partial charge in [0.2, 0.25) is 10.0 Å². The number of alkyl halides is 1. The predicted octanol–water partition coefficient (Wildman–Crippen LogP) is 1.53. The molecule has 0 saturated heterocycles. The van der Waals surface area contributed by atoms with Crippen molar-refractivity contribution in [3.05, 3.63) is 41.5 Å². The van der Waals surface area contributed by atoms with Gasteiger partial charge in [-0.3, -0.25) is 0 Å². The van der Waals surface area contributed by atoms with E-state index >= 15 is 0 Å². The van der Waals surface area contributed by atoms with Crippen molar-refractivity contribution in [2.24, 2.45) is 0 Å². The summed E-state index contributed by atoms with van der Waals surface area (Å²) >= 11 is 5.81. The van der Waals surface area contributed by atoms with Crippen molar-refractivity contribution in [1.29, 1.82) is 0 Å². The maximum Gasteiger partial charge on any atom is 0.243 e. The van der Waals surface area contributed by atoms with E-state index < -0.39 is 10.0 Å². The molecule has 2 heterocycles. The number of sulfonamides is 1. The number of benzene rings is 1. The van der Waals surface area contributed by atoms with Gasteiger partial charge in [-0.1, -0.05) is 12.1 Å². The summed E-state index contributed by atoms with van der Waals surface area (Å²) in [6, 6.07) is 5.28. The number of hydrogen-bond acceptors (Lipinski definition) is 4. The Morgan fingerprint density at radius 3 is 2.90 bits per heavy atom. The van der Waals surface area contributed by atoms with Crippen molar-refractivity contribution in [1.82, 2.24) is 19.1 Å². The third-order valence-corrected chi connectivity index (χ3v) is 5.92. The van der Waals surface area contributed by atoms with Crippen molar-refractivity contribution in [3.63, 3.8) is 0 Å². The van der Waals surface area contributed by atoms with Crippen LogP contribution in [0.3, 0.4) is 0 Å². The molecule has 0 unspecified atom stereocenters. The average Bonchev–Trinajstić information content (AvgIpc) is 2.95. The molecule has 0 atom stereocenters. The fourth-order valence-electron chi connectivity index (χ4n) is 2.39. The van der Waals surface area contributed by atoms with Gasteiger partial charge in [-0.15, -0.1) is 21.8 Å². The summed E-state index contributed by atoms with van der Waals surface area (Å²) in [5.74, 6) is 0.952. The molecule has 1 aliphatic rings. The van der Waals surface area contributed by atoms with Crippen LogP contribution < -0.4 is 0 Å². The zero-order valence-corrected chi connectivity index (χ0v) is 13.1. The Labute approximate surface area is 128 Å². The molecule has 1 aliphatic heterocycles. The summed E-state index contributed by atoms with van der Waals surface area (Å²) in [7, 11) is -3.55. The Hall–Kier alpha value is -1.44. The minimum atomic E-state index is -3.55. The zero-order chi connectivity index (χ0) is 15.0. The normalized spacial score (nSPS) is 15.9. The molecule has 0 spiro atoms. The minimum absolute atomic E-state index is 0.243. The van der Waals surface area contributed by atoms with Crippen molar-refractivity contribution in [3.8, 4) is 0 Å². The lowest BCUT2D eigenvalue weighted by molar-refractivity contribution is 0.335. The molecule has 1 aromatic heterocycles. The van der Waals surface area contributed by atoms with Gasteiger partial charge in [0, 0.05) is 19.0 Å². The van der Waals surface area contributed by atoms with Crippen LogP contribution in [0.25, 0.3) is 0 Å². The van der Waals surface area contributed by atoms with Crippen molar-refractivity contribution in [2.75, 3.05) is 6.54 Å². The molecule has 0 amide bonds. The summed E-state index contributed by atoms with van der Waals surface area (Å²) in [6.07, 6.45) is 1.62. The number of nitrogens with zero attached hydrogens (tertiary/aromatic N) is 4. The van der Waals surface area contributed by atoms with E-state index in [0.717, 1.165) is 11.1 Å². The third-order valence-electron chi connectivity index (χ3n) is 3.63. The molecule has 21 heavy (non-hydrogen) atoms. The number of hydrogen-bond donors (Lipinski definition) is 0. The number of aryl methyl sites for hydroxylation is 1. The quantitative estimate of drug-likeness (QED) is 0.802. The number of halogens is 1. The third kappa shape index (κ3) is 2.56. The SMILES string of the molecule is Cc1ccc(CCl)cc1S(=O)(=O)N1CCn2cnnc2C1. The van der Waals surface area contributed by atoms with Gasteiger partial charge in [-0.2, -0.15) is 4.31 Å². The highest BCUT2D eigenvalue weighted by atomic mass is 35.5. The molecule has 8 heteroatoms. The topological polar surface area (TPSA) is 68.1 Å². The van der Waals surface area contributed by atoms with Gasteiger partial charge in [-0.25, -0.2) is 8.42 Å². The molecule has 2 aromatic rings. The molecular weight excluding hydrogens is 312 g/mol. The lowest BCUT2D eigenvalue weighted by atomic mass is 10.2. The van der Waals surface area contributed by atoms with Crippen molar-refractivity contribution < 1.29 is 8.42 Å². The van der Waals surface area contributed by atoms with Crippen LogP contribution in [0.5, 0.6) is 0 Å². The molecule has 0 bridgehead atoms. The van der Waals surface area contributed by atoms with E-state index in [1.165, 1.54) is 4.31 Å². The summed E-state index contributed by atoms with van der Waals surface area (Å²) in [4.78, 5) is 0.314. The van der Waals surface area contributed by atoms with Crippen molar-refractivity contribution >= 4 is 21.6 Å². The van der Waals surface area contributed by atoms with Gasteiger partial charge >= 0.3 is 0 Å².